The van der Waals surface area contributed by atoms with Crippen LogP contribution in [0, 0.1) is 10.8 Å². The quantitative estimate of drug-likeness (QED) is 0.185. The molecule has 1 fully saturated rings. The zero-order valence-electron chi connectivity index (χ0n) is 22.1. The molecular formula is C23H34ClFN3O9P. The topological polar surface area (TPSA) is 158 Å². The van der Waals surface area contributed by atoms with Crippen LogP contribution >= 0.6 is 19.2 Å². The van der Waals surface area contributed by atoms with E-state index in [9.17, 15) is 23.3 Å². The number of hydrogen-bond acceptors (Lipinski definition) is 11. The van der Waals surface area contributed by atoms with E-state index in [0.717, 1.165) is 10.4 Å². The van der Waals surface area contributed by atoms with Gasteiger partial charge >= 0.3 is 25.2 Å². The maximum atomic E-state index is 15.0. The summed E-state index contributed by atoms with van der Waals surface area (Å²) in [5.41, 5.74) is 1.42. The van der Waals surface area contributed by atoms with Gasteiger partial charge in [0, 0.05) is 18.4 Å². The third kappa shape index (κ3) is 8.60. The van der Waals surface area contributed by atoms with Gasteiger partial charge in [0.25, 0.3) is 0 Å². The molecule has 0 unspecified atom stereocenters. The Hall–Kier alpha value is -2.31. The third-order valence-electron chi connectivity index (χ3n) is 5.19. The number of aromatic nitrogens is 2. The van der Waals surface area contributed by atoms with E-state index in [1.54, 1.807) is 41.5 Å². The summed E-state index contributed by atoms with van der Waals surface area (Å²) in [7, 11) is -4.27. The Labute approximate surface area is 225 Å². The molecule has 0 aliphatic carbocycles. The van der Waals surface area contributed by atoms with Gasteiger partial charge in [0.15, 0.2) is 6.23 Å². The molecule has 1 aliphatic heterocycles. The zero-order chi connectivity index (χ0) is 28.9. The molecule has 38 heavy (non-hydrogen) atoms. The molecule has 214 valence electrons. The van der Waals surface area contributed by atoms with Gasteiger partial charge in [-0.2, -0.15) is 4.98 Å². The number of carbonyl (C=O) groups excluding carboxylic acids is 2. The van der Waals surface area contributed by atoms with Crippen molar-refractivity contribution in [2.24, 2.45) is 10.8 Å². The van der Waals surface area contributed by atoms with E-state index in [1.165, 1.54) is 18.3 Å². The first-order chi connectivity index (χ1) is 17.4. The van der Waals surface area contributed by atoms with Crippen molar-refractivity contribution in [1.82, 2.24) is 9.55 Å². The summed E-state index contributed by atoms with van der Waals surface area (Å²) in [4.78, 5) is 39.8. The van der Waals surface area contributed by atoms with E-state index in [1.807, 2.05) is 0 Å². The first kappa shape index (κ1) is 31.9. The zero-order valence-corrected chi connectivity index (χ0v) is 23.8. The summed E-state index contributed by atoms with van der Waals surface area (Å²) in [6.45, 7) is 8.20. The van der Waals surface area contributed by atoms with Crippen LogP contribution in [0.4, 0.5) is 10.2 Å². The molecule has 3 atom stereocenters. The van der Waals surface area contributed by atoms with Crippen LogP contribution in [-0.4, -0.2) is 52.7 Å². The normalized spacial score (nSPS) is 22.5. The van der Waals surface area contributed by atoms with Gasteiger partial charge in [-0.15, -0.1) is 11.6 Å². The molecule has 1 aromatic heterocycles. The number of alkyl halides is 2. The highest BCUT2D eigenvalue weighted by atomic mass is 35.5. The smallest absolute Gasteiger partial charge is 0.359 e. The SMILES string of the molecule is CC(C)(C)C(=O)OCOP(=O)(/C=C/[C@]1(CCl)C[C@@H](F)[C@H](n2ccc(N)nc2=O)O1)OCOC(=O)C(C)(C)C. The van der Waals surface area contributed by atoms with E-state index < -0.39 is 67.6 Å². The van der Waals surface area contributed by atoms with Crippen molar-refractivity contribution in [2.75, 3.05) is 25.2 Å². The van der Waals surface area contributed by atoms with E-state index in [-0.39, 0.29) is 18.1 Å². The minimum Gasteiger partial charge on any atom is -0.438 e. The molecule has 15 heteroatoms. The second kappa shape index (κ2) is 12.3. The van der Waals surface area contributed by atoms with Crippen molar-refractivity contribution in [2.45, 2.75) is 66.0 Å². The number of rotatable bonds is 10. The van der Waals surface area contributed by atoms with Crippen molar-refractivity contribution < 1.29 is 41.8 Å². The number of nitrogens with zero attached hydrogens (tertiary/aromatic N) is 2. The van der Waals surface area contributed by atoms with Gasteiger partial charge in [-0.25, -0.2) is 9.18 Å². The predicted molar refractivity (Wildman–Crippen MR) is 136 cm³/mol. The van der Waals surface area contributed by atoms with Gasteiger partial charge in [-0.3, -0.25) is 27.8 Å². The number of anilines is 1. The van der Waals surface area contributed by atoms with E-state index in [2.05, 4.69) is 4.98 Å². The first-order valence-electron chi connectivity index (χ1n) is 11.6. The Balaban J connectivity index is 2.24. The summed E-state index contributed by atoms with van der Waals surface area (Å²) in [5.74, 6) is -0.652. The molecule has 0 spiro atoms. The second-order valence-corrected chi connectivity index (χ2v) is 12.8. The van der Waals surface area contributed by atoms with Crippen LogP contribution in [0.1, 0.15) is 54.2 Å². The summed E-state index contributed by atoms with van der Waals surface area (Å²) in [6.07, 6.45) is -0.976. The second-order valence-electron chi connectivity index (χ2n) is 10.7. The fraction of sp³-hybridized carbons (Fsp3) is 0.652. The first-order valence-corrected chi connectivity index (χ1v) is 13.7. The Morgan fingerprint density at radius 1 is 1.21 bits per heavy atom. The lowest BCUT2D eigenvalue weighted by Crippen LogP contribution is -2.32. The van der Waals surface area contributed by atoms with E-state index in [0.29, 0.717) is 0 Å². The predicted octanol–water partition coefficient (Wildman–Crippen LogP) is 3.89. The molecule has 1 aliphatic rings. The highest BCUT2D eigenvalue weighted by Gasteiger charge is 2.47. The van der Waals surface area contributed by atoms with Crippen molar-refractivity contribution in [3.63, 3.8) is 0 Å². The van der Waals surface area contributed by atoms with Crippen LogP contribution in [0.2, 0.25) is 0 Å². The van der Waals surface area contributed by atoms with Crippen LogP contribution in [0.25, 0.3) is 0 Å². The number of nitrogens with two attached hydrogens (primary N) is 1. The van der Waals surface area contributed by atoms with Crippen molar-refractivity contribution in [1.29, 1.82) is 0 Å². The number of nitrogen functional groups attached to an aromatic ring is 1. The van der Waals surface area contributed by atoms with Crippen LogP contribution < -0.4 is 11.4 Å². The number of carbonyl (C=O) groups is 2. The highest BCUT2D eigenvalue weighted by Crippen LogP contribution is 2.52. The average Bonchev–Trinajstić information content (AvgIpc) is 3.13. The number of hydrogen-bond donors (Lipinski definition) is 1. The van der Waals surface area contributed by atoms with Crippen LogP contribution in [-0.2, 0) is 37.4 Å². The maximum absolute atomic E-state index is 15.0. The molecule has 0 bridgehead atoms. The minimum absolute atomic E-state index is 0.0438. The standard InChI is InChI=1S/C23H34ClFN3O9P/c1-21(2,3)18(29)33-13-35-38(32,36-14-34-19(30)22(4,5)6)10-8-23(12-24)11-15(25)17(37-23)28-9-7-16(26)27-20(28)31/h7-10,15,17H,11-14H2,1-6H3,(H2,26,27,31)/b10-8+/t15-,17-,23-/m1/s1. The largest absolute Gasteiger partial charge is 0.438 e. The average molecular weight is 582 g/mol. The maximum Gasteiger partial charge on any atom is 0.359 e. The molecule has 12 nitrogen and oxygen atoms in total. The van der Waals surface area contributed by atoms with Crippen LogP contribution in [0.5, 0.6) is 0 Å². The number of halogens is 2. The van der Waals surface area contributed by atoms with Gasteiger partial charge in [-0.05, 0) is 53.7 Å². The lowest BCUT2D eigenvalue weighted by atomic mass is 9.98. The Bertz CT molecular complexity index is 1110. The van der Waals surface area contributed by atoms with Crippen molar-refractivity contribution >= 4 is 37.0 Å². The molecule has 2 N–H and O–H groups in total. The fourth-order valence-electron chi connectivity index (χ4n) is 2.97. The van der Waals surface area contributed by atoms with Gasteiger partial charge in [0.05, 0.1) is 16.7 Å². The monoisotopic (exact) mass is 581 g/mol. The van der Waals surface area contributed by atoms with Crippen molar-refractivity contribution in [3.05, 3.63) is 34.6 Å². The van der Waals surface area contributed by atoms with Gasteiger partial charge in [0.1, 0.15) is 17.6 Å². The van der Waals surface area contributed by atoms with Crippen LogP contribution in [0.15, 0.2) is 29.0 Å². The summed E-state index contributed by atoms with van der Waals surface area (Å²) in [5, 5.41) is 0. The molecule has 1 aromatic rings. The lowest BCUT2D eigenvalue weighted by molar-refractivity contribution is -0.161. The fourth-order valence-corrected chi connectivity index (χ4v) is 4.33. The number of esters is 2. The Kier molecular flexibility index (Phi) is 10.3. The molecule has 1 saturated heterocycles. The van der Waals surface area contributed by atoms with Gasteiger partial charge in [-0.1, -0.05) is 0 Å². The third-order valence-corrected chi connectivity index (χ3v) is 7.09. The van der Waals surface area contributed by atoms with Crippen molar-refractivity contribution in [3.8, 4) is 0 Å². The molecule has 2 heterocycles. The van der Waals surface area contributed by atoms with E-state index in [4.69, 9.17) is 40.6 Å². The Morgan fingerprint density at radius 2 is 1.74 bits per heavy atom. The molecule has 0 amide bonds. The minimum atomic E-state index is -4.27. The van der Waals surface area contributed by atoms with Gasteiger partial charge in [0.2, 0.25) is 13.6 Å². The molecule has 2 rings (SSSR count). The summed E-state index contributed by atoms with van der Waals surface area (Å²) >= 11 is 6.09. The Morgan fingerprint density at radius 3 is 2.18 bits per heavy atom. The summed E-state index contributed by atoms with van der Waals surface area (Å²) < 4.78 is 55.5. The highest BCUT2D eigenvalue weighted by molar-refractivity contribution is 7.57. The molecule has 0 radical (unpaired) electrons. The van der Waals surface area contributed by atoms with E-state index >= 15 is 0 Å². The lowest BCUT2D eigenvalue weighted by Gasteiger charge is -2.24. The molecular weight excluding hydrogens is 548 g/mol. The van der Waals surface area contributed by atoms with Gasteiger partial charge < -0.3 is 19.9 Å². The molecule has 0 aromatic carbocycles. The summed E-state index contributed by atoms with van der Waals surface area (Å²) in [6, 6.07) is 1.31. The molecule has 0 saturated carbocycles. The number of ether oxygens (including phenoxy) is 3. The van der Waals surface area contributed by atoms with Crippen LogP contribution in [0.3, 0.4) is 0 Å².